The third-order valence-electron chi connectivity index (χ3n) is 4.15. The smallest absolute Gasteiger partial charge is 0.410 e. The topological polar surface area (TPSA) is 37.7 Å². The molecule has 0 aliphatic carbocycles. The highest BCUT2D eigenvalue weighted by Crippen LogP contribution is 2.28. The van der Waals surface area contributed by atoms with Crippen molar-refractivity contribution < 1.29 is 9.53 Å². The van der Waals surface area contributed by atoms with E-state index >= 15 is 0 Å². The number of fused-ring (bicyclic) bond motifs is 1. The summed E-state index contributed by atoms with van der Waals surface area (Å²) in [7, 11) is 2.07. The first kappa shape index (κ1) is 15.7. The SMILES string of the molecule is Cn1ccc2cccc(N3CCN(C(=O)OC(C)(C)C)CC3)c21. The minimum Gasteiger partial charge on any atom is -0.444 e. The van der Waals surface area contributed by atoms with E-state index in [4.69, 9.17) is 4.74 Å². The van der Waals surface area contributed by atoms with Gasteiger partial charge in [-0.3, -0.25) is 0 Å². The average molecular weight is 315 g/mol. The predicted molar refractivity (Wildman–Crippen MR) is 92.9 cm³/mol. The molecule has 1 amide bonds. The van der Waals surface area contributed by atoms with Crippen LogP contribution < -0.4 is 4.90 Å². The fraction of sp³-hybridized carbons (Fsp3) is 0.500. The van der Waals surface area contributed by atoms with Crippen LogP contribution in [0.2, 0.25) is 0 Å². The molecule has 0 saturated carbocycles. The molecule has 5 nitrogen and oxygen atoms in total. The summed E-state index contributed by atoms with van der Waals surface area (Å²) in [6.45, 7) is 8.73. The van der Waals surface area contributed by atoms with E-state index in [-0.39, 0.29) is 6.09 Å². The number of hydrogen-bond donors (Lipinski definition) is 0. The minimum absolute atomic E-state index is 0.214. The van der Waals surface area contributed by atoms with Gasteiger partial charge in [-0.1, -0.05) is 12.1 Å². The molecule has 1 fully saturated rings. The molecular formula is C18H25N3O2. The van der Waals surface area contributed by atoms with Crippen molar-refractivity contribution in [1.82, 2.24) is 9.47 Å². The zero-order valence-electron chi connectivity index (χ0n) is 14.4. The van der Waals surface area contributed by atoms with Crippen LogP contribution in [0.5, 0.6) is 0 Å². The Labute approximate surface area is 137 Å². The largest absolute Gasteiger partial charge is 0.444 e. The number of ether oxygens (including phenoxy) is 1. The standard InChI is InChI=1S/C18H25N3O2/c1-18(2,3)23-17(22)21-12-10-20(11-13-21)15-7-5-6-14-8-9-19(4)16(14)15/h5-9H,10-13H2,1-4H3. The molecule has 0 bridgehead atoms. The molecule has 0 N–H and O–H groups in total. The summed E-state index contributed by atoms with van der Waals surface area (Å²) < 4.78 is 7.62. The van der Waals surface area contributed by atoms with Gasteiger partial charge in [0.25, 0.3) is 0 Å². The van der Waals surface area contributed by atoms with Gasteiger partial charge in [-0.25, -0.2) is 4.79 Å². The van der Waals surface area contributed by atoms with E-state index in [1.54, 1.807) is 4.90 Å². The number of amides is 1. The van der Waals surface area contributed by atoms with E-state index in [0.717, 1.165) is 13.1 Å². The van der Waals surface area contributed by atoms with Crippen LogP contribution in [0.3, 0.4) is 0 Å². The Hall–Kier alpha value is -2.17. The zero-order chi connectivity index (χ0) is 16.6. The molecule has 23 heavy (non-hydrogen) atoms. The second-order valence-corrected chi connectivity index (χ2v) is 7.10. The summed E-state index contributed by atoms with van der Waals surface area (Å²) in [4.78, 5) is 16.3. The summed E-state index contributed by atoms with van der Waals surface area (Å²) in [6.07, 6.45) is 1.87. The van der Waals surface area contributed by atoms with Crippen LogP contribution >= 0.6 is 0 Å². The third kappa shape index (κ3) is 3.28. The molecule has 0 spiro atoms. The molecule has 124 valence electrons. The van der Waals surface area contributed by atoms with Crippen molar-refractivity contribution in [3.8, 4) is 0 Å². The number of aryl methyl sites for hydroxylation is 1. The molecule has 2 heterocycles. The van der Waals surface area contributed by atoms with Crippen LogP contribution in [0, 0.1) is 0 Å². The summed E-state index contributed by atoms with van der Waals surface area (Å²) in [5.74, 6) is 0. The molecule has 1 aromatic carbocycles. The second-order valence-electron chi connectivity index (χ2n) is 7.10. The molecule has 1 aliphatic heterocycles. The number of hydrogen-bond acceptors (Lipinski definition) is 3. The van der Waals surface area contributed by atoms with Crippen molar-refractivity contribution in [2.24, 2.45) is 7.05 Å². The highest BCUT2D eigenvalue weighted by atomic mass is 16.6. The maximum atomic E-state index is 12.2. The van der Waals surface area contributed by atoms with E-state index in [1.807, 2.05) is 20.8 Å². The quantitative estimate of drug-likeness (QED) is 0.811. The number of carbonyl (C=O) groups excluding carboxylic acids is 1. The minimum atomic E-state index is -0.442. The molecule has 1 aromatic heterocycles. The van der Waals surface area contributed by atoms with E-state index in [1.165, 1.54) is 16.6 Å². The zero-order valence-corrected chi connectivity index (χ0v) is 14.4. The molecule has 0 atom stereocenters. The molecule has 5 heteroatoms. The summed E-state index contributed by atoms with van der Waals surface area (Å²) in [5.41, 5.74) is 2.04. The van der Waals surface area contributed by atoms with Crippen LogP contribution in [0.25, 0.3) is 10.9 Å². The first-order chi connectivity index (χ1) is 10.8. The van der Waals surface area contributed by atoms with Crippen molar-refractivity contribution in [3.05, 3.63) is 30.5 Å². The van der Waals surface area contributed by atoms with E-state index in [0.29, 0.717) is 13.1 Å². The Balaban J connectivity index is 1.71. The van der Waals surface area contributed by atoms with Crippen LogP contribution in [0.15, 0.2) is 30.5 Å². The number of benzene rings is 1. The second kappa shape index (κ2) is 5.80. The Morgan fingerprint density at radius 3 is 2.43 bits per heavy atom. The van der Waals surface area contributed by atoms with Gasteiger partial charge < -0.3 is 19.1 Å². The maximum absolute atomic E-state index is 12.2. The number of nitrogens with zero attached hydrogens (tertiary/aromatic N) is 3. The highest BCUT2D eigenvalue weighted by molar-refractivity contribution is 5.92. The van der Waals surface area contributed by atoms with Crippen molar-refractivity contribution in [1.29, 1.82) is 0 Å². The van der Waals surface area contributed by atoms with E-state index in [9.17, 15) is 4.79 Å². The fourth-order valence-electron chi connectivity index (χ4n) is 3.05. The number of piperazine rings is 1. The average Bonchev–Trinajstić information content (AvgIpc) is 2.87. The van der Waals surface area contributed by atoms with Gasteiger partial charge in [0.05, 0.1) is 11.2 Å². The Morgan fingerprint density at radius 1 is 1.09 bits per heavy atom. The van der Waals surface area contributed by atoms with Gasteiger partial charge in [0, 0.05) is 44.8 Å². The van der Waals surface area contributed by atoms with E-state index < -0.39 is 5.60 Å². The van der Waals surface area contributed by atoms with Gasteiger partial charge in [-0.05, 0) is 32.9 Å². The van der Waals surface area contributed by atoms with Crippen LogP contribution in [0.1, 0.15) is 20.8 Å². The lowest BCUT2D eigenvalue weighted by molar-refractivity contribution is 0.0240. The molecule has 1 saturated heterocycles. The highest BCUT2D eigenvalue weighted by Gasteiger charge is 2.26. The summed E-state index contributed by atoms with van der Waals surface area (Å²) >= 11 is 0. The van der Waals surface area contributed by atoms with Crippen molar-refractivity contribution >= 4 is 22.7 Å². The summed E-state index contributed by atoms with van der Waals surface area (Å²) in [6, 6.07) is 8.52. The van der Waals surface area contributed by atoms with Crippen LogP contribution in [-0.4, -0.2) is 47.3 Å². The van der Waals surface area contributed by atoms with Gasteiger partial charge in [0.15, 0.2) is 0 Å². The number of para-hydroxylation sites is 1. The van der Waals surface area contributed by atoms with Gasteiger partial charge >= 0.3 is 6.09 Å². The van der Waals surface area contributed by atoms with Gasteiger partial charge in [-0.15, -0.1) is 0 Å². The molecule has 2 aromatic rings. The maximum Gasteiger partial charge on any atom is 0.410 e. The van der Waals surface area contributed by atoms with Gasteiger partial charge in [-0.2, -0.15) is 0 Å². The van der Waals surface area contributed by atoms with Crippen LogP contribution in [-0.2, 0) is 11.8 Å². The molecule has 0 unspecified atom stereocenters. The Morgan fingerprint density at radius 2 is 1.78 bits per heavy atom. The fourth-order valence-corrected chi connectivity index (χ4v) is 3.05. The van der Waals surface area contributed by atoms with Gasteiger partial charge in [0.1, 0.15) is 5.60 Å². The monoisotopic (exact) mass is 315 g/mol. The molecule has 3 rings (SSSR count). The predicted octanol–water partition coefficient (Wildman–Crippen LogP) is 3.24. The molecule has 0 radical (unpaired) electrons. The van der Waals surface area contributed by atoms with Crippen molar-refractivity contribution in [3.63, 3.8) is 0 Å². The first-order valence-corrected chi connectivity index (χ1v) is 8.12. The van der Waals surface area contributed by atoms with Gasteiger partial charge in [0.2, 0.25) is 0 Å². The Kier molecular flexibility index (Phi) is 3.96. The summed E-state index contributed by atoms with van der Waals surface area (Å²) in [5, 5.41) is 1.25. The van der Waals surface area contributed by atoms with Crippen LogP contribution in [0.4, 0.5) is 10.5 Å². The molecule has 1 aliphatic rings. The first-order valence-electron chi connectivity index (χ1n) is 8.12. The third-order valence-corrected chi connectivity index (χ3v) is 4.15. The normalized spacial score (nSPS) is 16.0. The van der Waals surface area contributed by atoms with Crippen molar-refractivity contribution in [2.75, 3.05) is 31.1 Å². The lowest BCUT2D eigenvalue weighted by atomic mass is 10.2. The number of carbonyl (C=O) groups is 1. The molecular weight excluding hydrogens is 290 g/mol. The lowest BCUT2D eigenvalue weighted by Gasteiger charge is -2.37. The Bertz CT molecular complexity index is 707. The van der Waals surface area contributed by atoms with Crippen molar-refractivity contribution in [2.45, 2.75) is 26.4 Å². The lowest BCUT2D eigenvalue weighted by Crippen LogP contribution is -2.50. The van der Waals surface area contributed by atoms with E-state index in [2.05, 4.69) is 47.0 Å². The number of anilines is 1. The number of aromatic nitrogens is 1. The number of rotatable bonds is 1.